The van der Waals surface area contributed by atoms with Crippen LogP contribution in [0.1, 0.15) is 21.5 Å². The number of hydrogen-bond donors (Lipinski definition) is 0. The molecule has 1 aliphatic heterocycles. The highest BCUT2D eigenvalue weighted by molar-refractivity contribution is 8.00. The number of aryl methyl sites for hydroxylation is 2. The Labute approximate surface area is 100 Å². The summed E-state index contributed by atoms with van der Waals surface area (Å²) in [6, 6.07) is 5.91. The Bertz CT molecular complexity index is 397. The van der Waals surface area contributed by atoms with Gasteiger partial charge >= 0.3 is 0 Å². The third-order valence-electron chi connectivity index (χ3n) is 2.89. The molecule has 0 atom stereocenters. The second-order valence-corrected chi connectivity index (χ2v) is 5.48. The van der Waals surface area contributed by atoms with Crippen LogP contribution in [0.5, 0.6) is 0 Å². The van der Waals surface area contributed by atoms with Crippen LogP contribution in [0.3, 0.4) is 0 Å². The lowest BCUT2D eigenvalue weighted by molar-refractivity contribution is 0.0455. The normalized spacial score (nSPS) is 15.9. The zero-order chi connectivity index (χ0) is 11.5. The molecular weight excluding hydrogens is 220 g/mol. The molecule has 1 aromatic rings. The first-order valence-electron chi connectivity index (χ1n) is 5.46. The Kier molecular flexibility index (Phi) is 3.66. The van der Waals surface area contributed by atoms with E-state index in [-0.39, 0.29) is 5.78 Å². The van der Waals surface area contributed by atoms with Crippen LogP contribution in [0.25, 0.3) is 0 Å². The van der Waals surface area contributed by atoms with Crippen molar-refractivity contribution in [2.24, 2.45) is 0 Å². The minimum absolute atomic E-state index is 0.222. The highest BCUT2D eigenvalue weighted by Gasteiger charge is 2.20. The van der Waals surface area contributed by atoms with Gasteiger partial charge in [-0.15, -0.1) is 11.8 Å². The molecule has 0 aromatic heterocycles. The van der Waals surface area contributed by atoms with Crippen molar-refractivity contribution < 1.29 is 9.53 Å². The summed E-state index contributed by atoms with van der Waals surface area (Å²) >= 11 is 1.70. The SMILES string of the molecule is Cc1ccc(C(=O)CSC2COC2)cc1C. The number of ether oxygens (including phenoxy) is 1. The Morgan fingerprint density at radius 3 is 2.69 bits per heavy atom. The predicted molar refractivity (Wildman–Crippen MR) is 67.3 cm³/mol. The zero-order valence-corrected chi connectivity index (χ0v) is 10.5. The van der Waals surface area contributed by atoms with Crippen LogP contribution in [-0.4, -0.2) is 30.0 Å². The fourth-order valence-electron chi connectivity index (χ4n) is 1.50. The standard InChI is InChI=1S/C13H16O2S/c1-9-3-4-11(5-10(9)2)13(14)8-16-12-6-15-7-12/h3-5,12H,6-8H2,1-2H3. The molecule has 0 radical (unpaired) electrons. The first-order chi connectivity index (χ1) is 7.66. The Hall–Kier alpha value is -0.800. The van der Waals surface area contributed by atoms with Crippen molar-refractivity contribution in [3.05, 3.63) is 34.9 Å². The third-order valence-corrected chi connectivity index (χ3v) is 4.06. The van der Waals surface area contributed by atoms with Crippen LogP contribution in [0.4, 0.5) is 0 Å². The van der Waals surface area contributed by atoms with Crippen LogP contribution < -0.4 is 0 Å². The van der Waals surface area contributed by atoms with E-state index in [2.05, 4.69) is 6.92 Å². The largest absolute Gasteiger partial charge is 0.379 e. The van der Waals surface area contributed by atoms with Crippen molar-refractivity contribution in [1.29, 1.82) is 0 Å². The van der Waals surface area contributed by atoms with Gasteiger partial charge in [-0.25, -0.2) is 0 Å². The van der Waals surface area contributed by atoms with E-state index in [0.29, 0.717) is 11.0 Å². The number of carbonyl (C=O) groups excluding carboxylic acids is 1. The third kappa shape index (κ3) is 2.66. The summed E-state index contributed by atoms with van der Waals surface area (Å²) in [6.45, 7) is 5.69. The quantitative estimate of drug-likeness (QED) is 0.752. The van der Waals surface area contributed by atoms with E-state index < -0.39 is 0 Å². The maximum absolute atomic E-state index is 11.9. The molecule has 0 bridgehead atoms. The fraction of sp³-hybridized carbons (Fsp3) is 0.462. The van der Waals surface area contributed by atoms with Crippen molar-refractivity contribution in [1.82, 2.24) is 0 Å². The summed E-state index contributed by atoms with van der Waals surface area (Å²) in [4.78, 5) is 11.9. The molecule has 0 saturated carbocycles. The minimum Gasteiger partial charge on any atom is -0.379 e. The monoisotopic (exact) mass is 236 g/mol. The maximum atomic E-state index is 11.9. The summed E-state index contributed by atoms with van der Waals surface area (Å²) in [5, 5.41) is 0.524. The average Bonchev–Trinajstić information content (AvgIpc) is 2.19. The maximum Gasteiger partial charge on any atom is 0.172 e. The molecule has 0 spiro atoms. The van der Waals surface area contributed by atoms with Gasteiger partial charge in [0.2, 0.25) is 0 Å². The average molecular weight is 236 g/mol. The summed E-state index contributed by atoms with van der Waals surface area (Å²) in [7, 11) is 0. The molecule has 1 aromatic carbocycles. The molecule has 1 saturated heterocycles. The van der Waals surface area contributed by atoms with Gasteiger partial charge in [0.1, 0.15) is 0 Å². The Balaban J connectivity index is 1.94. The number of hydrogen-bond acceptors (Lipinski definition) is 3. The lowest BCUT2D eigenvalue weighted by Crippen LogP contribution is -2.31. The van der Waals surface area contributed by atoms with Crippen LogP contribution in [0.2, 0.25) is 0 Å². The number of rotatable bonds is 4. The first-order valence-corrected chi connectivity index (χ1v) is 6.51. The van der Waals surface area contributed by atoms with Gasteiger partial charge < -0.3 is 4.74 Å². The second kappa shape index (κ2) is 5.02. The first kappa shape index (κ1) is 11.7. The molecule has 16 heavy (non-hydrogen) atoms. The number of benzene rings is 1. The zero-order valence-electron chi connectivity index (χ0n) is 9.66. The molecule has 3 heteroatoms. The van der Waals surface area contributed by atoms with Crippen molar-refractivity contribution >= 4 is 17.5 Å². The van der Waals surface area contributed by atoms with Crippen LogP contribution >= 0.6 is 11.8 Å². The Morgan fingerprint density at radius 2 is 2.12 bits per heavy atom. The van der Waals surface area contributed by atoms with E-state index >= 15 is 0 Å². The van der Waals surface area contributed by atoms with Gasteiger partial charge in [-0.1, -0.05) is 12.1 Å². The van der Waals surface area contributed by atoms with Crippen molar-refractivity contribution in [3.8, 4) is 0 Å². The topological polar surface area (TPSA) is 26.3 Å². The second-order valence-electron chi connectivity index (χ2n) is 4.19. The van der Waals surface area contributed by atoms with Gasteiger partial charge in [0.05, 0.1) is 24.2 Å². The van der Waals surface area contributed by atoms with E-state index in [1.54, 1.807) is 11.8 Å². The molecule has 2 nitrogen and oxygen atoms in total. The molecule has 2 rings (SSSR count). The van der Waals surface area contributed by atoms with Gasteiger partial charge in [-0.3, -0.25) is 4.79 Å². The molecule has 86 valence electrons. The summed E-state index contributed by atoms with van der Waals surface area (Å²) in [5.74, 6) is 0.788. The van der Waals surface area contributed by atoms with E-state index in [9.17, 15) is 4.79 Å². The van der Waals surface area contributed by atoms with Crippen molar-refractivity contribution in [2.75, 3.05) is 19.0 Å². The Morgan fingerprint density at radius 1 is 1.38 bits per heavy atom. The molecule has 0 unspecified atom stereocenters. The lowest BCUT2D eigenvalue weighted by Gasteiger charge is -2.24. The fourth-order valence-corrected chi connectivity index (χ4v) is 2.44. The van der Waals surface area contributed by atoms with Gasteiger partial charge in [-0.05, 0) is 31.0 Å². The highest BCUT2D eigenvalue weighted by Crippen LogP contribution is 2.20. The van der Waals surface area contributed by atoms with E-state index in [1.165, 1.54) is 11.1 Å². The van der Waals surface area contributed by atoms with Gasteiger partial charge in [0, 0.05) is 5.56 Å². The van der Waals surface area contributed by atoms with E-state index in [0.717, 1.165) is 18.8 Å². The van der Waals surface area contributed by atoms with E-state index in [1.807, 2.05) is 25.1 Å². The smallest absolute Gasteiger partial charge is 0.172 e. The number of Topliss-reactive ketones (excluding diaryl/α,β-unsaturated/α-hetero) is 1. The molecule has 1 heterocycles. The highest BCUT2D eigenvalue weighted by atomic mass is 32.2. The van der Waals surface area contributed by atoms with Crippen LogP contribution in [0.15, 0.2) is 18.2 Å². The van der Waals surface area contributed by atoms with Crippen LogP contribution in [0, 0.1) is 13.8 Å². The summed E-state index contributed by atoms with van der Waals surface area (Å²) in [6.07, 6.45) is 0. The van der Waals surface area contributed by atoms with Gasteiger partial charge in [-0.2, -0.15) is 0 Å². The molecule has 1 fully saturated rings. The minimum atomic E-state index is 0.222. The lowest BCUT2D eigenvalue weighted by atomic mass is 10.0. The summed E-state index contributed by atoms with van der Waals surface area (Å²) in [5.41, 5.74) is 3.25. The summed E-state index contributed by atoms with van der Waals surface area (Å²) < 4.78 is 5.08. The van der Waals surface area contributed by atoms with E-state index in [4.69, 9.17) is 4.74 Å². The number of carbonyl (C=O) groups is 1. The van der Waals surface area contributed by atoms with Crippen molar-refractivity contribution in [3.63, 3.8) is 0 Å². The number of ketones is 1. The molecule has 0 N–H and O–H groups in total. The molecule has 1 aliphatic rings. The molecular formula is C13H16O2S. The van der Waals surface area contributed by atoms with Crippen molar-refractivity contribution in [2.45, 2.75) is 19.1 Å². The molecule has 0 amide bonds. The predicted octanol–water partition coefficient (Wildman–Crippen LogP) is 2.62. The van der Waals surface area contributed by atoms with Crippen LogP contribution in [-0.2, 0) is 4.74 Å². The van der Waals surface area contributed by atoms with Gasteiger partial charge in [0.15, 0.2) is 5.78 Å². The molecule has 0 aliphatic carbocycles. The number of thioether (sulfide) groups is 1. The van der Waals surface area contributed by atoms with Gasteiger partial charge in [0.25, 0.3) is 0 Å².